The zero-order valence-electron chi connectivity index (χ0n) is 12.4. The summed E-state index contributed by atoms with van der Waals surface area (Å²) >= 11 is 0. The van der Waals surface area contributed by atoms with E-state index < -0.39 is 5.97 Å². The number of hydrogen-bond acceptors (Lipinski definition) is 3. The standard InChI is InChI=1S/C15H27NO3/c1-4-8-16(9-5-6-12(17)18)13-11-7-10-19-14(11)15(13,2)3/h11,13-14H,4-10H2,1-3H3,(H,17,18)/t11-,13-,14-/m1/s1. The predicted molar refractivity (Wildman–Crippen MR) is 74.1 cm³/mol. The largest absolute Gasteiger partial charge is 0.481 e. The van der Waals surface area contributed by atoms with E-state index >= 15 is 0 Å². The molecule has 1 aliphatic carbocycles. The second-order valence-corrected chi connectivity index (χ2v) is 6.54. The molecule has 2 aliphatic rings. The smallest absolute Gasteiger partial charge is 0.303 e. The molecule has 2 rings (SSSR count). The highest BCUT2D eigenvalue weighted by atomic mass is 16.5. The molecule has 110 valence electrons. The summed E-state index contributed by atoms with van der Waals surface area (Å²) in [6, 6.07) is 0.564. The fraction of sp³-hybridized carbons (Fsp3) is 0.933. The zero-order valence-corrected chi connectivity index (χ0v) is 12.4. The summed E-state index contributed by atoms with van der Waals surface area (Å²) in [6.07, 6.45) is 3.73. The number of nitrogens with zero attached hydrogens (tertiary/aromatic N) is 1. The van der Waals surface area contributed by atoms with Crippen molar-refractivity contribution in [3.63, 3.8) is 0 Å². The van der Waals surface area contributed by atoms with Crippen LogP contribution in [0.1, 0.15) is 46.5 Å². The molecule has 0 radical (unpaired) electrons. The molecule has 1 heterocycles. The van der Waals surface area contributed by atoms with Crippen LogP contribution in [0.4, 0.5) is 0 Å². The summed E-state index contributed by atoms with van der Waals surface area (Å²) < 4.78 is 5.85. The average molecular weight is 269 g/mol. The quantitative estimate of drug-likeness (QED) is 0.771. The van der Waals surface area contributed by atoms with Gasteiger partial charge in [0, 0.05) is 30.4 Å². The second kappa shape index (κ2) is 5.80. The first-order valence-corrected chi connectivity index (χ1v) is 7.56. The number of aliphatic carboxylic acids is 1. The highest BCUT2D eigenvalue weighted by Crippen LogP contribution is 2.54. The fourth-order valence-corrected chi connectivity index (χ4v) is 4.15. The lowest BCUT2D eigenvalue weighted by molar-refractivity contribution is -0.156. The van der Waals surface area contributed by atoms with Gasteiger partial charge in [0.1, 0.15) is 0 Å². The summed E-state index contributed by atoms with van der Waals surface area (Å²) in [7, 11) is 0. The van der Waals surface area contributed by atoms with E-state index in [1.165, 1.54) is 0 Å². The average Bonchev–Trinajstić information content (AvgIpc) is 2.74. The number of carboxylic acid groups (broad SMARTS) is 1. The molecular weight excluding hydrogens is 242 g/mol. The normalized spacial score (nSPS) is 32.1. The van der Waals surface area contributed by atoms with E-state index in [1.54, 1.807) is 0 Å². The third kappa shape index (κ3) is 2.79. The Bertz CT molecular complexity index is 329. The Labute approximate surface area is 116 Å². The lowest BCUT2D eigenvalue weighted by Gasteiger charge is -2.59. The Hall–Kier alpha value is -0.610. The van der Waals surface area contributed by atoms with Gasteiger partial charge >= 0.3 is 5.97 Å². The lowest BCUT2D eigenvalue weighted by Crippen LogP contribution is -2.67. The SMILES string of the molecule is CCCN(CCCC(=O)O)[C@@H]1[C@H]2CCO[C@H]2C1(C)C. The Kier molecular flexibility index (Phi) is 4.51. The van der Waals surface area contributed by atoms with Crippen molar-refractivity contribution in [2.24, 2.45) is 11.3 Å². The van der Waals surface area contributed by atoms with E-state index in [0.717, 1.165) is 39.0 Å². The van der Waals surface area contributed by atoms with Gasteiger partial charge in [-0.25, -0.2) is 0 Å². The van der Waals surface area contributed by atoms with Crippen molar-refractivity contribution < 1.29 is 14.6 Å². The minimum atomic E-state index is -0.689. The van der Waals surface area contributed by atoms with Gasteiger partial charge in [0.05, 0.1) is 6.10 Å². The van der Waals surface area contributed by atoms with Gasteiger partial charge in [-0.1, -0.05) is 20.8 Å². The van der Waals surface area contributed by atoms with E-state index in [2.05, 4.69) is 25.7 Å². The molecule has 3 atom stereocenters. The van der Waals surface area contributed by atoms with E-state index in [9.17, 15) is 4.79 Å². The highest BCUT2D eigenvalue weighted by Gasteiger charge is 2.60. The van der Waals surface area contributed by atoms with Gasteiger partial charge in [0.25, 0.3) is 0 Å². The summed E-state index contributed by atoms with van der Waals surface area (Å²) in [4.78, 5) is 13.2. The first-order chi connectivity index (χ1) is 8.98. The maximum absolute atomic E-state index is 10.7. The highest BCUT2D eigenvalue weighted by molar-refractivity contribution is 5.66. The fourth-order valence-electron chi connectivity index (χ4n) is 4.15. The Morgan fingerprint density at radius 1 is 1.42 bits per heavy atom. The summed E-state index contributed by atoms with van der Waals surface area (Å²) in [5, 5.41) is 8.78. The summed E-state index contributed by atoms with van der Waals surface area (Å²) in [5.74, 6) is -0.0298. The van der Waals surface area contributed by atoms with Gasteiger partial charge in [-0.3, -0.25) is 9.69 Å². The van der Waals surface area contributed by atoms with Gasteiger partial charge in [0.15, 0.2) is 0 Å². The minimum absolute atomic E-state index is 0.208. The van der Waals surface area contributed by atoms with Crippen LogP contribution < -0.4 is 0 Å². The number of carbonyl (C=O) groups is 1. The van der Waals surface area contributed by atoms with Crippen LogP contribution in [0, 0.1) is 11.3 Å². The van der Waals surface area contributed by atoms with E-state index in [-0.39, 0.29) is 11.8 Å². The zero-order chi connectivity index (χ0) is 14.0. The molecule has 0 amide bonds. The van der Waals surface area contributed by atoms with Crippen LogP contribution in [-0.2, 0) is 9.53 Å². The molecule has 2 fully saturated rings. The van der Waals surface area contributed by atoms with Gasteiger partial charge in [-0.2, -0.15) is 0 Å². The van der Waals surface area contributed by atoms with Crippen LogP contribution in [-0.4, -0.2) is 47.8 Å². The molecule has 1 aliphatic heterocycles. The third-order valence-corrected chi connectivity index (χ3v) is 4.78. The third-order valence-electron chi connectivity index (χ3n) is 4.78. The Balaban J connectivity index is 1.96. The van der Waals surface area contributed by atoms with E-state index in [4.69, 9.17) is 9.84 Å². The number of carboxylic acids is 1. The summed E-state index contributed by atoms with van der Waals surface area (Å²) in [5.41, 5.74) is 0.208. The van der Waals surface area contributed by atoms with Crippen molar-refractivity contribution in [1.82, 2.24) is 4.90 Å². The number of ether oxygens (including phenoxy) is 1. The van der Waals surface area contributed by atoms with Gasteiger partial charge in [-0.15, -0.1) is 0 Å². The molecule has 0 unspecified atom stereocenters. The second-order valence-electron chi connectivity index (χ2n) is 6.54. The van der Waals surface area contributed by atoms with Crippen molar-refractivity contribution in [3.05, 3.63) is 0 Å². The molecule has 0 aromatic heterocycles. The van der Waals surface area contributed by atoms with Crippen molar-refractivity contribution in [2.45, 2.75) is 58.6 Å². The first kappa shape index (κ1) is 14.8. The van der Waals surface area contributed by atoms with Crippen LogP contribution in [0.5, 0.6) is 0 Å². The summed E-state index contributed by atoms with van der Waals surface area (Å²) in [6.45, 7) is 9.64. The van der Waals surface area contributed by atoms with Crippen LogP contribution in [0.15, 0.2) is 0 Å². The van der Waals surface area contributed by atoms with Crippen molar-refractivity contribution in [3.8, 4) is 0 Å². The molecule has 4 nitrogen and oxygen atoms in total. The van der Waals surface area contributed by atoms with Crippen LogP contribution in [0.25, 0.3) is 0 Å². The number of rotatable bonds is 7. The molecule has 19 heavy (non-hydrogen) atoms. The molecule has 0 aromatic carbocycles. The maximum atomic E-state index is 10.7. The van der Waals surface area contributed by atoms with Gasteiger partial charge in [-0.05, 0) is 32.4 Å². The minimum Gasteiger partial charge on any atom is -0.481 e. The van der Waals surface area contributed by atoms with Crippen molar-refractivity contribution in [2.75, 3.05) is 19.7 Å². The topological polar surface area (TPSA) is 49.8 Å². The monoisotopic (exact) mass is 269 g/mol. The molecule has 1 saturated carbocycles. The Morgan fingerprint density at radius 2 is 2.16 bits per heavy atom. The maximum Gasteiger partial charge on any atom is 0.303 e. The molecule has 0 bridgehead atoms. The number of hydrogen-bond donors (Lipinski definition) is 1. The molecule has 0 spiro atoms. The van der Waals surface area contributed by atoms with Crippen LogP contribution in [0.2, 0.25) is 0 Å². The van der Waals surface area contributed by atoms with Crippen LogP contribution >= 0.6 is 0 Å². The molecule has 0 aromatic rings. The van der Waals surface area contributed by atoms with E-state index in [1.807, 2.05) is 0 Å². The first-order valence-electron chi connectivity index (χ1n) is 7.56. The predicted octanol–water partition coefficient (Wildman–Crippen LogP) is 2.38. The van der Waals surface area contributed by atoms with Crippen molar-refractivity contribution >= 4 is 5.97 Å². The Morgan fingerprint density at radius 3 is 2.79 bits per heavy atom. The molecule has 1 N–H and O–H groups in total. The van der Waals surface area contributed by atoms with Gasteiger partial charge < -0.3 is 9.84 Å². The molecule has 1 saturated heterocycles. The molecule has 4 heteroatoms. The lowest BCUT2D eigenvalue weighted by atomic mass is 9.56. The van der Waals surface area contributed by atoms with E-state index in [0.29, 0.717) is 18.1 Å². The number of fused-ring (bicyclic) bond motifs is 1. The molecular formula is C15H27NO3. The van der Waals surface area contributed by atoms with Gasteiger partial charge in [0.2, 0.25) is 0 Å². The van der Waals surface area contributed by atoms with Crippen molar-refractivity contribution in [1.29, 1.82) is 0 Å². The van der Waals surface area contributed by atoms with Crippen LogP contribution in [0.3, 0.4) is 0 Å².